The van der Waals surface area contributed by atoms with Gasteiger partial charge >= 0.3 is 0 Å². The summed E-state index contributed by atoms with van der Waals surface area (Å²) in [5.74, 6) is 0. The standard InChI is InChI=1S/C18H29N3O5S2.H2/c1-20(2)28(24,25)16-9-7-15(8-10-16)27(22,23)19-17-5-3-4-6-18(17)21-11-13-26-14-12-21;/h7-10,17-19H,3-6,11-14H2,1-2H3;1H. The maximum Gasteiger partial charge on any atom is 0.242 e. The van der Waals surface area contributed by atoms with E-state index in [-0.39, 0.29) is 23.3 Å². The highest BCUT2D eigenvalue weighted by atomic mass is 32.2. The average Bonchev–Trinajstić information content (AvgIpc) is 2.69. The van der Waals surface area contributed by atoms with Crippen molar-refractivity contribution < 1.29 is 23.0 Å². The van der Waals surface area contributed by atoms with Crippen LogP contribution in [0.3, 0.4) is 0 Å². The van der Waals surface area contributed by atoms with Crippen LogP contribution in [-0.4, -0.2) is 78.5 Å². The van der Waals surface area contributed by atoms with Crippen LogP contribution in [0.4, 0.5) is 0 Å². The summed E-state index contributed by atoms with van der Waals surface area (Å²) < 4.78 is 59.6. The van der Waals surface area contributed by atoms with Crippen LogP contribution in [-0.2, 0) is 24.8 Å². The first kappa shape index (κ1) is 21.7. The lowest BCUT2D eigenvalue weighted by atomic mass is 9.89. The molecule has 0 spiro atoms. The Labute approximate surface area is 169 Å². The van der Waals surface area contributed by atoms with Gasteiger partial charge in [-0.05, 0) is 37.1 Å². The van der Waals surface area contributed by atoms with Crippen LogP contribution < -0.4 is 4.72 Å². The molecule has 1 aromatic rings. The molecule has 1 saturated heterocycles. The molecule has 1 aliphatic carbocycles. The summed E-state index contributed by atoms with van der Waals surface area (Å²) in [5.41, 5.74) is 0. The molecule has 160 valence electrons. The molecule has 2 atom stereocenters. The van der Waals surface area contributed by atoms with Gasteiger partial charge in [-0.15, -0.1) is 0 Å². The van der Waals surface area contributed by atoms with Gasteiger partial charge in [0.25, 0.3) is 0 Å². The van der Waals surface area contributed by atoms with Crippen LogP contribution in [0.15, 0.2) is 34.1 Å². The zero-order valence-corrected chi connectivity index (χ0v) is 18.0. The molecule has 28 heavy (non-hydrogen) atoms. The van der Waals surface area contributed by atoms with E-state index in [4.69, 9.17) is 4.74 Å². The van der Waals surface area contributed by atoms with Gasteiger partial charge in [-0.1, -0.05) is 12.8 Å². The second-order valence-electron chi connectivity index (χ2n) is 7.49. The van der Waals surface area contributed by atoms with Crippen molar-refractivity contribution in [1.82, 2.24) is 13.9 Å². The normalized spacial score (nSPS) is 25.1. The van der Waals surface area contributed by atoms with Gasteiger partial charge in [-0.25, -0.2) is 25.9 Å². The monoisotopic (exact) mass is 433 g/mol. The molecule has 10 heteroatoms. The molecule has 1 heterocycles. The van der Waals surface area contributed by atoms with Gasteiger partial charge in [0.1, 0.15) is 0 Å². The Morgan fingerprint density at radius 1 is 1.00 bits per heavy atom. The van der Waals surface area contributed by atoms with Gasteiger partial charge in [0.2, 0.25) is 20.0 Å². The Morgan fingerprint density at radius 2 is 1.57 bits per heavy atom. The molecule has 0 bridgehead atoms. The van der Waals surface area contributed by atoms with Gasteiger partial charge in [0.05, 0.1) is 23.0 Å². The Hall–Kier alpha value is -1.04. The van der Waals surface area contributed by atoms with E-state index in [0.29, 0.717) is 13.2 Å². The van der Waals surface area contributed by atoms with Crippen LogP contribution in [0, 0.1) is 0 Å². The van der Waals surface area contributed by atoms with Crippen molar-refractivity contribution in [3.05, 3.63) is 24.3 Å². The molecule has 0 amide bonds. The molecule has 0 aromatic heterocycles. The molecule has 0 radical (unpaired) electrons. The lowest BCUT2D eigenvalue weighted by Gasteiger charge is -2.41. The number of nitrogens with one attached hydrogen (secondary N) is 1. The fourth-order valence-electron chi connectivity index (χ4n) is 3.86. The summed E-state index contributed by atoms with van der Waals surface area (Å²) in [5, 5.41) is 0. The van der Waals surface area contributed by atoms with Crippen LogP contribution in [0.5, 0.6) is 0 Å². The van der Waals surface area contributed by atoms with E-state index < -0.39 is 20.0 Å². The van der Waals surface area contributed by atoms with Crippen molar-refractivity contribution in [1.29, 1.82) is 0 Å². The zero-order valence-electron chi connectivity index (χ0n) is 16.4. The maximum absolute atomic E-state index is 12.9. The zero-order chi connectivity index (χ0) is 20.4. The van der Waals surface area contributed by atoms with Gasteiger partial charge in [-0.3, -0.25) is 4.90 Å². The van der Waals surface area contributed by atoms with Crippen molar-refractivity contribution >= 4 is 20.0 Å². The van der Waals surface area contributed by atoms with Crippen LogP contribution in [0.25, 0.3) is 0 Å². The number of hydrogen-bond acceptors (Lipinski definition) is 6. The Bertz CT molecular complexity index is 869. The number of hydrogen-bond donors (Lipinski definition) is 1. The van der Waals surface area contributed by atoms with Crippen LogP contribution >= 0.6 is 0 Å². The minimum absolute atomic E-state index is 0. The van der Waals surface area contributed by atoms with Crippen molar-refractivity contribution in [2.75, 3.05) is 40.4 Å². The largest absolute Gasteiger partial charge is 0.379 e. The second-order valence-corrected chi connectivity index (χ2v) is 11.4. The lowest BCUT2D eigenvalue weighted by Crippen LogP contribution is -2.55. The topological polar surface area (TPSA) is 96.0 Å². The molecule has 8 nitrogen and oxygen atoms in total. The molecule has 1 saturated carbocycles. The summed E-state index contributed by atoms with van der Waals surface area (Å²) in [6.45, 7) is 3.00. The minimum Gasteiger partial charge on any atom is -0.379 e. The second kappa shape index (κ2) is 8.76. The van der Waals surface area contributed by atoms with E-state index in [1.807, 2.05) is 0 Å². The van der Waals surface area contributed by atoms with Crippen molar-refractivity contribution in [3.8, 4) is 0 Å². The molecular weight excluding hydrogens is 402 g/mol. The van der Waals surface area contributed by atoms with E-state index in [0.717, 1.165) is 43.1 Å². The number of rotatable bonds is 6. The summed E-state index contributed by atoms with van der Waals surface area (Å²) in [4.78, 5) is 2.47. The molecule has 1 aliphatic heterocycles. The van der Waals surface area contributed by atoms with E-state index in [9.17, 15) is 16.8 Å². The highest BCUT2D eigenvalue weighted by molar-refractivity contribution is 7.89. The van der Waals surface area contributed by atoms with E-state index in [2.05, 4.69) is 9.62 Å². The Morgan fingerprint density at radius 3 is 2.18 bits per heavy atom. The predicted molar refractivity (Wildman–Crippen MR) is 108 cm³/mol. The highest BCUT2D eigenvalue weighted by Crippen LogP contribution is 2.26. The summed E-state index contributed by atoms with van der Waals surface area (Å²) in [7, 11) is -4.44. The maximum atomic E-state index is 12.9. The first-order valence-electron chi connectivity index (χ1n) is 9.58. The van der Waals surface area contributed by atoms with Crippen molar-refractivity contribution in [2.45, 2.75) is 47.6 Å². The lowest BCUT2D eigenvalue weighted by molar-refractivity contribution is 0.00211. The SMILES string of the molecule is CN(C)S(=O)(=O)c1ccc(S(=O)(=O)NC2CCCCC2N2CCOCC2)cc1.[HH]. The number of nitrogens with zero attached hydrogens (tertiary/aromatic N) is 2. The Kier molecular flexibility index (Phi) is 6.78. The third-order valence-corrected chi connectivity index (χ3v) is 8.80. The molecule has 1 aromatic carbocycles. The van der Waals surface area contributed by atoms with Crippen molar-refractivity contribution in [2.24, 2.45) is 0 Å². The summed E-state index contributed by atoms with van der Waals surface area (Å²) in [6.07, 6.45) is 3.85. The Balaban J connectivity index is 0.00000300. The first-order chi connectivity index (χ1) is 13.2. The molecule has 1 N–H and O–H groups in total. The van der Waals surface area contributed by atoms with Crippen LogP contribution in [0.2, 0.25) is 0 Å². The van der Waals surface area contributed by atoms with Gasteiger partial charge in [0.15, 0.2) is 0 Å². The molecular formula is C18H31N3O5S2. The van der Waals surface area contributed by atoms with Gasteiger partial charge < -0.3 is 4.74 Å². The smallest absolute Gasteiger partial charge is 0.242 e. The summed E-state index contributed by atoms with van der Waals surface area (Å²) in [6, 6.07) is 5.40. The third-order valence-electron chi connectivity index (χ3n) is 5.46. The number of benzene rings is 1. The fraction of sp³-hybridized carbons (Fsp3) is 0.667. The van der Waals surface area contributed by atoms with E-state index >= 15 is 0 Å². The number of sulfonamides is 2. The van der Waals surface area contributed by atoms with E-state index in [1.54, 1.807) is 0 Å². The van der Waals surface area contributed by atoms with Crippen LogP contribution in [0.1, 0.15) is 27.1 Å². The predicted octanol–water partition coefficient (Wildman–Crippen LogP) is 1.10. The van der Waals surface area contributed by atoms with Gasteiger partial charge in [0, 0.05) is 40.7 Å². The van der Waals surface area contributed by atoms with Crippen molar-refractivity contribution in [3.63, 3.8) is 0 Å². The van der Waals surface area contributed by atoms with Gasteiger partial charge in [-0.2, -0.15) is 0 Å². The molecule has 3 rings (SSSR count). The molecule has 2 fully saturated rings. The fourth-order valence-corrected chi connectivity index (χ4v) is 6.07. The number of morpholine rings is 1. The summed E-state index contributed by atoms with van der Waals surface area (Å²) >= 11 is 0. The minimum atomic E-state index is -3.73. The third kappa shape index (κ3) is 4.74. The highest BCUT2D eigenvalue weighted by Gasteiger charge is 2.34. The first-order valence-corrected chi connectivity index (χ1v) is 12.5. The molecule has 2 unspecified atom stereocenters. The quantitative estimate of drug-likeness (QED) is 0.722. The van der Waals surface area contributed by atoms with E-state index in [1.165, 1.54) is 38.4 Å². The molecule has 2 aliphatic rings. The average molecular weight is 434 g/mol. The number of ether oxygens (including phenoxy) is 1.